The minimum atomic E-state index is -1.71. The maximum Gasteiger partial charge on any atom is 0.227 e. The zero-order valence-electron chi connectivity index (χ0n) is 21.7. The monoisotopic (exact) mass is 518 g/mol. The van der Waals surface area contributed by atoms with Crippen LogP contribution < -0.4 is 15.1 Å². The van der Waals surface area contributed by atoms with E-state index in [-0.39, 0.29) is 12.5 Å². The van der Waals surface area contributed by atoms with Crippen LogP contribution in [-0.4, -0.2) is 68.2 Å². The van der Waals surface area contributed by atoms with Crippen LogP contribution in [0.5, 0.6) is 0 Å². The molecular formula is C27H31FN8O2. The summed E-state index contributed by atoms with van der Waals surface area (Å²) in [7, 11) is 0. The van der Waals surface area contributed by atoms with Crippen molar-refractivity contribution in [3.05, 3.63) is 54.5 Å². The number of anilines is 4. The van der Waals surface area contributed by atoms with E-state index in [1.54, 1.807) is 17.2 Å². The van der Waals surface area contributed by atoms with Crippen LogP contribution in [0.25, 0.3) is 10.8 Å². The molecule has 6 rings (SSSR count). The van der Waals surface area contributed by atoms with Crippen LogP contribution in [0.2, 0.25) is 0 Å². The molecule has 2 aliphatic heterocycles. The second-order valence-corrected chi connectivity index (χ2v) is 10.7. The molecule has 5 heterocycles. The third-order valence-corrected chi connectivity index (χ3v) is 7.53. The summed E-state index contributed by atoms with van der Waals surface area (Å²) >= 11 is 0. The van der Waals surface area contributed by atoms with E-state index in [9.17, 15) is 9.50 Å². The summed E-state index contributed by atoms with van der Waals surface area (Å²) in [5.74, 6) is 2.90. The van der Waals surface area contributed by atoms with Gasteiger partial charge in [-0.15, -0.1) is 10.2 Å². The molecule has 3 aromatic heterocycles. The topological polar surface area (TPSA) is 116 Å². The Hall–Kier alpha value is -3.86. The molecule has 198 valence electrons. The molecule has 10 nitrogen and oxygen atoms in total. The van der Waals surface area contributed by atoms with Crippen molar-refractivity contribution < 1.29 is 13.9 Å². The number of aliphatic hydroxyl groups is 1. The Balaban J connectivity index is 1.26. The van der Waals surface area contributed by atoms with Crippen LogP contribution in [0, 0.1) is 0 Å². The van der Waals surface area contributed by atoms with Gasteiger partial charge in [0.15, 0.2) is 5.67 Å². The van der Waals surface area contributed by atoms with Gasteiger partial charge in [0.25, 0.3) is 0 Å². The first kappa shape index (κ1) is 24.5. The van der Waals surface area contributed by atoms with Crippen molar-refractivity contribution in [3.63, 3.8) is 0 Å². The van der Waals surface area contributed by atoms with Crippen LogP contribution >= 0.6 is 0 Å². The second-order valence-electron chi connectivity index (χ2n) is 10.7. The van der Waals surface area contributed by atoms with E-state index in [2.05, 4.69) is 62.4 Å². The number of hydrogen-bond acceptors (Lipinski definition) is 10. The minimum Gasteiger partial charge on any atom is -0.428 e. The van der Waals surface area contributed by atoms with Crippen LogP contribution in [0.15, 0.2) is 47.5 Å². The molecule has 0 saturated carbocycles. The number of rotatable bonds is 6. The Bertz CT molecular complexity index is 1440. The van der Waals surface area contributed by atoms with Crippen molar-refractivity contribution in [1.29, 1.82) is 0 Å². The van der Waals surface area contributed by atoms with Gasteiger partial charge in [0.2, 0.25) is 18.2 Å². The lowest BCUT2D eigenvalue weighted by Gasteiger charge is -2.40. The Morgan fingerprint density at radius 2 is 1.97 bits per heavy atom. The largest absolute Gasteiger partial charge is 0.428 e. The van der Waals surface area contributed by atoms with E-state index in [1.165, 1.54) is 18.9 Å². The summed E-state index contributed by atoms with van der Waals surface area (Å²) in [6.45, 7) is 7.93. The molecule has 0 amide bonds. The molecule has 2 fully saturated rings. The molecule has 0 unspecified atom stereocenters. The van der Waals surface area contributed by atoms with Gasteiger partial charge < -0.3 is 24.6 Å². The summed E-state index contributed by atoms with van der Waals surface area (Å²) in [5.41, 5.74) is 0.656. The zero-order chi connectivity index (χ0) is 26.4. The minimum absolute atomic E-state index is 0.0379. The molecule has 2 N–H and O–H groups in total. The van der Waals surface area contributed by atoms with Gasteiger partial charge in [-0.05, 0) is 48.4 Å². The van der Waals surface area contributed by atoms with Crippen molar-refractivity contribution in [2.75, 3.05) is 41.3 Å². The fourth-order valence-corrected chi connectivity index (χ4v) is 5.29. The van der Waals surface area contributed by atoms with E-state index < -0.39 is 11.8 Å². The highest BCUT2D eigenvalue weighted by Gasteiger charge is 2.39. The Morgan fingerprint density at radius 3 is 2.71 bits per heavy atom. The van der Waals surface area contributed by atoms with Crippen molar-refractivity contribution in [2.24, 2.45) is 0 Å². The van der Waals surface area contributed by atoms with Gasteiger partial charge in [-0.2, -0.15) is 4.98 Å². The number of aliphatic hydroxyl groups excluding tert-OH is 1. The first-order chi connectivity index (χ1) is 18.3. The Labute approximate surface area is 219 Å². The molecule has 4 aromatic rings. The first-order valence-electron chi connectivity index (χ1n) is 12.9. The summed E-state index contributed by atoms with van der Waals surface area (Å²) in [4.78, 5) is 17.7. The quantitative estimate of drug-likeness (QED) is 0.385. The number of halogens is 1. The van der Waals surface area contributed by atoms with Crippen LogP contribution in [0.3, 0.4) is 0 Å². The Kier molecular flexibility index (Phi) is 6.10. The molecule has 38 heavy (non-hydrogen) atoms. The molecule has 2 saturated heterocycles. The van der Waals surface area contributed by atoms with E-state index in [4.69, 9.17) is 9.40 Å². The molecular weight excluding hydrogens is 487 g/mol. The fourth-order valence-electron chi connectivity index (χ4n) is 5.29. The number of alkyl halides is 1. The maximum atomic E-state index is 14.7. The average Bonchev–Trinajstić information content (AvgIpc) is 3.39. The lowest BCUT2D eigenvalue weighted by atomic mass is 9.93. The molecule has 2 atom stereocenters. The van der Waals surface area contributed by atoms with Gasteiger partial charge in [0, 0.05) is 43.1 Å². The smallest absolute Gasteiger partial charge is 0.227 e. The van der Waals surface area contributed by atoms with Crippen molar-refractivity contribution in [2.45, 2.75) is 50.8 Å². The van der Waals surface area contributed by atoms with Crippen LogP contribution in [0.1, 0.15) is 50.5 Å². The number of fused-ring (bicyclic) bond motifs is 1. The number of nitrogens with zero attached hydrogens (tertiary/aromatic N) is 7. The third-order valence-electron chi connectivity index (χ3n) is 7.53. The van der Waals surface area contributed by atoms with Crippen molar-refractivity contribution >= 4 is 34.0 Å². The summed E-state index contributed by atoms with van der Waals surface area (Å²) in [6, 6.07) is 8.18. The number of piperidine rings is 1. The van der Waals surface area contributed by atoms with Crippen LogP contribution in [-0.2, 0) is 0 Å². The molecule has 0 bridgehead atoms. The lowest BCUT2D eigenvalue weighted by molar-refractivity contribution is -0.00860. The van der Waals surface area contributed by atoms with Crippen LogP contribution in [0.4, 0.5) is 27.7 Å². The van der Waals surface area contributed by atoms with Gasteiger partial charge >= 0.3 is 0 Å². The fraction of sp³-hybridized carbons (Fsp3) is 0.444. The highest BCUT2D eigenvalue weighted by molar-refractivity contribution is 5.98. The van der Waals surface area contributed by atoms with E-state index in [1.807, 2.05) is 6.20 Å². The number of aromatic nitrogens is 5. The summed E-state index contributed by atoms with van der Waals surface area (Å²) in [5, 5.41) is 23.3. The van der Waals surface area contributed by atoms with Gasteiger partial charge in [0.05, 0.1) is 18.6 Å². The van der Waals surface area contributed by atoms with Gasteiger partial charge in [-0.25, -0.2) is 14.4 Å². The molecule has 11 heteroatoms. The SMILES string of the molecule is CC(C)c1ccc(N2CC(c3nnco3)C2)c2cnc(Nc3ccnc(N4CC[C@@H](O)[C@@](C)(F)C4)n3)cc12. The lowest BCUT2D eigenvalue weighted by Crippen LogP contribution is -2.52. The predicted octanol–water partition coefficient (Wildman–Crippen LogP) is 4.18. The number of hydrogen-bond donors (Lipinski definition) is 2. The van der Waals surface area contributed by atoms with E-state index in [0.29, 0.717) is 42.4 Å². The molecule has 1 aromatic carbocycles. The molecule has 0 radical (unpaired) electrons. The summed E-state index contributed by atoms with van der Waals surface area (Å²) < 4.78 is 20.1. The zero-order valence-corrected chi connectivity index (χ0v) is 21.7. The standard InChI is InChI=1S/C27H31FN8O2/c1-16(2)18-4-5-21(36-12-17(13-36)25-34-31-15-38-25)20-11-30-24(10-19(18)20)32-23-6-8-29-26(33-23)35-9-7-22(37)27(3,28)14-35/h4-6,8,10-11,15-17,22,37H,7,9,12-14H2,1-3H3,(H,29,30,32,33)/t22-,27+/m1/s1. The van der Waals surface area contributed by atoms with Gasteiger partial charge in [-0.1, -0.05) is 19.9 Å². The molecule has 2 aliphatic rings. The number of benzene rings is 1. The predicted molar refractivity (Wildman–Crippen MR) is 143 cm³/mol. The maximum absolute atomic E-state index is 14.7. The third kappa shape index (κ3) is 4.51. The van der Waals surface area contributed by atoms with E-state index >= 15 is 0 Å². The van der Waals surface area contributed by atoms with E-state index in [0.717, 1.165) is 29.5 Å². The van der Waals surface area contributed by atoms with Gasteiger partial charge in [-0.3, -0.25) is 0 Å². The molecule has 0 spiro atoms. The summed E-state index contributed by atoms with van der Waals surface area (Å²) in [6.07, 6.45) is 4.27. The normalized spacial score (nSPS) is 22.2. The van der Waals surface area contributed by atoms with Gasteiger partial charge in [0.1, 0.15) is 11.6 Å². The Morgan fingerprint density at radius 1 is 1.13 bits per heavy atom. The first-order valence-corrected chi connectivity index (χ1v) is 12.9. The average molecular weight is 519 g/mol. The second kappa shape index (κ2) is 9.46. The highest BCUT2D eigenvalue weighted by atomic mass is 19.1. The van der Waals surface area contributed by atoms with Crippen molar-refractivity contribution in [1.82, 2.24) is 25.1 Å². The number of pyridine rings is 1. The highest BCUT2D eigenvalue weighted by Crippen LogP contribution is 2.38. The number of nitrogens with one attached hydrogen (secondary N) is 1. The van der Waals surface area contributed by atoms with Crippen molar-refractivity contribution in [3.8, 4) is 0 Å². The molecule has 0 aliphatic carbocycles.